The molecule has 2 heterocycles. The van der Waals surface area contributed by atoms with E-state index in [0.717, 1.165) is 23.1 Å². The van der Waals surface area contributed by atoms with E-state index in [1.165, 1.54) is 30.2 Å². The number of sulfonamides is 1. The number of rotatable bonds is 8. The van der Waals surface area contributed by atoms with Crippen molar-refractivity contribution in [2.24, 2.45) is 4.40 Å². The van der Waals surface area contributed by atoms with Crippen LogP contribution in [0.5, 0.6) is 5.75 Å². The number of methoxy groups -OCH3 is 1. The number of thioether (sulfide) groups is 1. The third-order valence-electron chi connectivity index (χ3n) is 4.06. The lowest BCUT2D eigenvalue weighted by Crippen LogP contribution is -2.33. The molecule has 164 valence electrons. The van der Waals surface area contributed by atoms with Gasteiger partial charge < -0.3 is 10.1 Å². The van der Waals surface area contributed by atoms with Crippen LogP contribution in [0.4, 0.5) is 5.69 Å². The maximum atomic E-state index is 12.8. The van der Waals surface area contributed by atoms with Gasteiger partial charge in [0.05, 0.1) is 11.4 Å². The number of thiophene rings is 1. The first-order valence-electron chi connectivity index (χ1n) is 8.86. The number of ether oxygens (including phenoxy) is 1. The number of hydrogen-bond donors (Lipinski definition) is 1. The number of nitrogens with zero attached hydrogens (tertiary/aromatic N) is 2. The largest absolute Gasteiger partial charge is 0.497 e. The Morgan fingerprint density at radius 2 is 2.16 bits per heavy atom. The summed E-state index contributed by atoms with van der Waals surface area (Å²) in [5.41, 5.74) is 0.522. The highest BCUT2D eigenvalue weighted by Gasteiger charge is 2.39. The number of benzene rings is 1. The Bertz CT molecular complexity index is 1150. The second-order valence-corrected chi connectivity index (χ2v) is 11.0. The van der Waals surface area contributed by atoms with E-state index in [0.29, 0.717) is 15.8 Å². The molecule has 8 nitrogen and oxygen atoms in total. The Labute approximate surface area is 193 Å². The summed E-state index contributed by atoms with van der Waals surface area (Å²) in [6.07, 6.45) is 1.31. The van der Waals surface area contributed by atoms with Gasteiger partial charge in [-0.25, -0.2) is 0 Å². The zero-order valence-corrected chi connectivity index (χ0v) is 19.5. The van der Waals surface area contributed by atoms with E-state index < -0.39 is 27.1 Å². The van der Waals surface area contributed by atoms with Gasteiger partial charge in [0, 0.05) is 24.7 Å². The summed E-state index contributed by atoms with van der Waals surface area (Å²) in [6.45, 7) is 3.66. The van der Waals surface area contributed by atoms with Crippen LogP contribution in [-0.4, -0.2) is 49.2 Å². The van der Waals surface area contributed by atoms with Crippen LogP contribution < -0.4 is 10.1 Å². The standard InChI is InChI=1S/C19H18ClN3O5S3/c1-3-9-23-18(25)14(11-16(24)21-12-5-4-6-13(10-12)28-2)29-19(23)22-31(26,27)17-8-7-15(20)30-17/h3-8,10,14H,1,9,11H2,2H3,(H,21,24)/t14-/m1/s1. The van der Waals surface area contributed by atoms with Crippen molar-refractivity contribution in [1.29, 1.82) is 0 Å². The lowest BCUT2D eigenvalue weighted by Gasteiger charge is -2.13. The summed E-state index contributed by atoms with van der Waals surface area (Å²) in [4.78, 5) is 26.5. The van der Waals surface area contributed by atoms with Crippen LogP contribution in [0.25, 0.3) is 0 Å². The van der Waals surface area contributed by atoms with Crippen LogP contribution in [0.2, 0.25) is 4.34 Å². The molecule has 0 bridgehead atoms. The quantitative estimate of drug-likeness (QED) is 0.556. The smallest absolute Gasteiger partial charge is 0.294 e. The number of anilines is 1. The first kappa shape index (κ1) is 23.3. The van der Waals surface area contributed by atoms with Crippen LogP contribution in [-0.2, 0) is 19.6 Å². The number of carbonyl (C=O) groups excluding carboxylic acids is 2. The molecular formula is C19H18ClN3O5S3. The van der Waals surface area contributed by atoms with Crippen molar-refractivity contribution in [1.82, 2.24) is 4.90 Å². The van der Waals surface area contributed by atoms with E-state index in [1.807, 2.05) is 0 Å². The fourth-order valence-electron chi connectivity index (χ4n) is 2.67. The molecule has 0 saturated carbocycles. The van der Waals surface area contributed by atoms with Gasteiger partial charge in [0.2, 0.25) is 11.8 Å². The normalized spacial score (nSPS) is 17.7. The molecule has 12 heteroatoms. The molecule has 1 saturated heterocycles. The third-order valence-corrected chi connectivity index (χ3v) is 8.31. The minimum absolute atomic E-state index is 0.00592. The van der Waals surface area contributed by atoms with Gasteiger partial charge in [-0.1, -0.05) is 35.5 Å². The summed E-state index contributed by atoms with van der Waals surface area (Å²) in [6, 6.07) is 9.62. The van der Waals surface area contributed by atoms with Crippen LogP contribution >= 0.6 is 34.7 Å². The van der Waals surface area contributed by atoms with Crippen LogP contribution in [0.3, 0.4) is 0 Å². The number of amidine groups is 1. The fourth-order valence-corrected chi connectivity index (χ4v) is 6.50. The number of halogens is 1. The summed E-state index contributed by atoms with van der Waals surface area (Å²) < 4.78 is 34.4. The summed E-state index contributed by atoms with van der Waals surface area (Å²) in [7, 11) is -2.53. The molecule has 3 rings (SSSR count). The van der Waals surface area contributed by atoms with E-state index in [2.05, 4.69) is 16.3 Å². The predicted molar refractivity (Wildman–Crippen MR) is 123 cm³/mol. The highest BCUT2D eigenvalue weighted by molar-refractivity contribution is 8.16. The van der Waals surface area contributed by atoms with Gasteiger partial charge in [0.15, 0.2) is 5.17 Å². The fraction of sp³-hybridized carbons (Fsp3) is 0.211. The molecule has 1 atom stereocenters. The molecule has 1 N–H and O–H groups in total. The molecular weight excluding hydrogens is 482 g/mol. The van der Waals surface area contributed by atoms with Crippen LogP contribution in [0, 0.1) is 0 Å². The second-order valence-electron chi connectivity index (χ2n) is 6.24. The molecule has 31 heavy (non-hydrogen) atoms. The van der Waals surface area contributed by atoms with Crippen molar-refractivity contribution >= 4 is 67.4 Å². The molecule has 0 unspecified atom stereocenters. The van der Waals surface area contributed by atoms with Gasteiger partial charge >= 0.3 is 0 Å². The van der Waals surface area contributed by atoms with Crippen molar-refractivity contribution in [2.45, 2.75) is 15.9 Å². The molecule has 0 radical (unpaired) electrons. The molecule has 1 fully saturated rings. The predicted octanol–water partition coefficient (Wildman–Crippen LogP) is 3.61. The van der Waals surface area contributed by atoms with E-state index in [-0.39, 0.29) is 22.3 Å². The maximum absolute atomic E-state index is 12.8. The first-order chi connectivity index (χ1) is 14.7. The summed E-state index contributed by atoms with van der Waals surface area (Å²) >= 11 is 7.62. The molecule has 1 aliphatic rings. The lowest BCUT2D eigenvalue weighted by molar-refractivity contribution is -0.127. The third kappa shape index (κ3) is 5.67. The van der Waals surface area contributed by atoms with Crippen molar-refractivity contribution in [2.75, 3.05) is 19.0 Å². The summed E-state index contributed by atoms with van der Waals surface area (Å²) in [5.74, 6) is -0.231. The monoisotopic (exact) mass is 499 g/mol. The average Bonchev–Trinajstić information content (AvgIpc) is 3.28. The Morgan fingerprint density at radius 1 is 1.39 bits per heavy atom. The maximum Gasteiger partial charge on any atom is 0.294 e. The molecule has 2 aromatic rings. The number of carbonyl (C=O) groups is 2. The lowest BCUT2D eigenvalue weighted by atomic mass is 10.2. The van der Waals surface area contributed by atoms with Gasteiger partial charge in [-0.05, 0) is 24.3 Å². The Hall–Kier alpha value is -2.34. The van der Waals surface area contributed by atoms with Gasteiger partial charge in [0.1, 0.15) is 15.2 Å². The van der Waals surface area contributed by atoms with Crippen LogP contribution in [0.1, 0.15) is 6.42 Å². The Balaban J connectivity index is 1.77. The van der Waals surface area contributed by atoms with Crippen molar-refractivity contribution in [3.63, 3.8) is 0 Å². The van der Waals surface area contributed by atoms with Gasteiger partial charge in [-0.15, -0.1) is 22.3 Å². The van der Waals surface area contributed by atoms with E-state index in [9.17, 15) is 18.0 Å². The topological polar surface area (TPSA) is 105 Å². The Kier molecular flexibility index (Phi) is 7.42. The molecule has 1 aromatic carbocycles. The van der Waals surface area contributed by atoms with E-state index in [1.54, 1.807) is 24.3 Å². The van der Waals surface area contributed by atoms with Crippen LogP contribution in [0.15, 0.2) is 57.7 Å². The second kappa shape index (κ2) is 9.86. The molecule has 0 spiro atoms. The van der Waals surface area contributed by atoms with Crippen molar-refractivity contribution in [3.05, 3.63) is 53.4 Å². The SMILES string of the molecule is C=CCN1C(=O)[C@@H](CC(=O)Nc2cccc(OC)c2)SC1=NS(=O)(=O)c1ccc(Cl)s1. The average molecular weight is 500 g/mol. The molecule has 2 amide bonds. The van der Waals surface area contributed by atoms with Crippen molar-refractivity contribution < 1.29 is 22.7 Å². The number of nitrogens with one attached hydrogen (secondary N) is 1. The van der Waals surface area contributed by atoms with Gasteiger partial charge in [-0.3, -0.25) is 14.5 Å². The molecule has 0 aliphatic carbocycles. The molecule has 1 aliphatic heterocycles. The minimum atomic E-state index is -4.05. The van der Waals surface area contributed by atoms with Gasteiger partial charge in [0.25, 0.3) is 10.0 Å². The van der Waals surface area contributed by atoms with Crippen molar-refractivity contribution in [3.8, 4) is 5.75 Å². The first-order valence-corrected chi connectivity index (χ1v) is 12.4. The van der Waals surface area contributed by atoms with E-state index >= 15 is 0 Å². The highest BCUT2D eigenvalue weighted by atomic mass is 35.5. The zero-order chi connectivity index (χ0) is 22.6. The molecule has 1 aromatic heterocycles. The Morgan fingerprint density at radius 3 is 2.81 bits per heavy atom. The number of amides is 2. The van der Waals surface area contributed by atoms with Gasteiger partial charge in [-0.2, -0.15) is 8.42 Å². The highest BCUT2D eigenvalue weighted by Crippen LogP contribution is 2.33. The number of hydrogen-bond acceptors (Lipinski definition) is 7. The minimum Gasteiger partial charge on any atom is -0.497 e. The van der Waals surface area contributed by atoms with E-state index in [4.69, 9.17) is 16.3 Å². The summed E-state index contributed by atoms with van der Waals surface area (Å²) in [5, 5.41) is 1.89. The zero-order valence-electron chi connectivity index (χ0n) is 16.3.